The Morgan fingerprint density at radius 3 is 2.57 bits per heavy atom. The van der Waals surface area contributed by atoms with Gasteiger partial charge in [0.05, 0.1) is 4.92 Å². The minimum absolute atomic E-state index is 0.0843. The summed E-state index contributed by atoms with van der Waals surface area (Å²) in [6, 6.07) is 4.87. The van der Waals surface area contributed by atoms with Crippen molar-refractivity contribution in [3.05, 3.63) is 45.5 Å². The van der Waals surface area contributed by atoms with Gasteiger partial charge in [-0.3, -0.25) is 10.1 Å². The van der Waals surface area contributed by atoms with Gasteiger partial charge in [0.15, 0.2) is 0 Å². The number of aryl methyl sites for hydroxylation is 1. The Kier molecular flexibility index (Phi) is 4.73. The summed E-state index contributed by atoms with van der Waals surface area (Å²) in [5, 5.41) is 10.9. The van der Waals surface area contributed by atoms with E-state index in [1.807, 2.05) is 33.8 Å². The molecule has 1 heterocycles. The Morgan fingerprint density at radius 1 is 1.35 bits per heavy atom. The van der Waals surface area contributed by atoms with Gasteiger partial charge in [-0.2, -0.15) is 0 Å². The van der Waals surface area contributed by atoms with Crippen molar-refractivity contribution in [1.29, 1.82) is 0 Å². The third-order valence-electron chi connectivity index (χ3n) is 3.64. The first-order valence-electron chi connectivity index (χ1n) is 7.60. The average molecular weight is 318 g/mol. The van der Waals surface area contributed by atoms with Crippen LogP contribution >= 0.6 is 0 Å². The Morgan fingerprint density at radius 2 is 2.04 bits per heavy atom. The molecule has 0 spiro atoms. The van der Waals surface area contributed by atoms with Crippen molar-refractivity contribution in [3.8, 4) is 0 Å². The first-order valence-corrected chi connectivity index (χ1v) is 7.60. The molecule has 0 bridgehead atoms. The molecule has 6 heteroatoms. The lowest BCUT2D eigenvalue weighted by Gasteiger charge is -2.29. The summed E-state index contributed by atoms with van der Waals surface area (Å²) in [4.78, 5) is 24.2. The van der Waals surface area contributed by atoms with Gasteiger partial charge in [-0.25, -0.2) is 4.79 Å². The zero-order chi connectivity index (χ0) is 17.2. The van der Waals surface area contributed by atoms with Crippen LogP contribution in [0.2, 0.25) is 0 Å². The third kappa shape index (κ3) is 4.31. The maximum atomic E-state index is 12.1. The standard InChI is InChI=1S/C17H22N2O4/c1-12-5-6-14(19(21)22)11-15(12)13-7-9-18(10-8-13)16(20)23-17(2,3)4/h5-7,11H,8-10H2,1-4H3. The first-order chi connectivity index (χ1) is 10.7. The molecule has 1 aliphatic heterocycles. The van der Waals surface area contributed by atoms with Gasteiger partial charge >= 0.3 is 6.09 Å². The van der Waals surface area contributed by atoms with Crippen molar-refractivity contribution >= 4 is 17.4 Å². The number of rotatable bonds is 2. The largest absolute Gasteiger partial charge is 0.444 e. The summed E-state index contributed by atoms with van der Waals surface area (Å²) < 4.78 is 5.36. The number of non-ortho nitro benzene ring substituents is 1. The predicted molar refractivity (Wildman–Crippen MR) is 88.2 cm³/mol. The monoisotopic (exact) mass is 318 g/mol. The normalized spacial score (nSPS) is 15.1. The maximum absolute atomic E-state index is 12.1. The molecule has 1 aromatic rings. The molecule has 124 valence electrons. The van der Waals surface area contributed by atoms with E-state index in [1.165, 1.54) is 6.07 Å². The Bertz CT molecular complexity index is 659. The summed E-state index contributed by atoms with van der Waals surface area (Å²) in [5.41, 5.74) is 2.47. The topological polar surface area (TPSA) is 72.7 Å². The highest BCUT2D eigenvalue weighted by molar-refractivity contribution is 5.74. The van der Waals surface area contributed by atoms with Crippen LogP contribution < -0.4 is 0 Å². The van der Waals surface area contributed by atoms with Crippen molar-refractivity contribution < 1.29 is 14.5 Å². The molecule has 1 aromatic carbocycles. The number of amides is 1. The third-order valence-corrected chi connectivity index (χ3v) is 3.64. The predicted octanol–water partition coefficient (Wildman–Crippen LogP) is 3.93. The number of nitro benzene ring substituents is 1. The van der Waals surface area contributed by atoms with Crippen molar-refractivity contribution in [1.82, 2.24) is 4.90 Å². The average Bonchev–Trinajstić information content (AvgIpc) is 2.46. The number of benzene rings is 1. The molecule has 0 aliphatic carbocycles. The fraction of sp³-hybridized carbons (Fsp3) is 0.471. The number of carbonyl (C=O) groups excluding carboxylic acids is 1. The van der Waals surface area contributed by atoms with Crippen LogP contribution in [0.25, 0.3) is 5.57 Å². The molecule has 0 saturated carbocycles. The second-order valence-corrected chi connectivity index (χ2v) is 6.66. The second-order valence-electron chi connectivity index (χ2n) is 6.66. The molecule has 0 fully saturated rings. The number of nitro groups is 1. The van der Waals surface area contributed by atoms with E-state index in [2.05, 4.69) is 0 Å². The highest BCUT2D eigenvalue weighted by Crippen LogP contribution is 2.28. The van der Waals surface area contributed by atoms with E-state index in [-0.39, 0.29) is 16.7 Å². The molecule has 6 nitrogen and oxygen atoms in total. The summed E-state index contributed by atoms with van der Waals surface area (Å²) >= 11 is 0. The zero-order valence-corrected chi connectivity index (χ0v) is 14.0. The van der Waals surface area contributed by atoms with Gasteiger partial charge in [0.2, 0.25) is 0 Å². The lowest BCUT2D eigenvalue weighted by atomic mass is 9.95. The minimum Gasteiger partial charge on any atom is -0.444 e. The van der Waals surface area contributed by atoms with Gasteiger partial charge in [0.25, 0.3) is 5.69 Å². The van der Waals surface area contributed by atoms with E-state index in [1.54, 1.807) is 17.0 Å². The summed E-state index contributed by atoms with van der Waals surface area (Å²) in [6.45, 7) is 8.43. The van der Waals surface area contributed by atoms with E-state index in [9.17, 15) is 14.9 Å². The molecule has 0 saturated heterocycles. The van der Waals surface area contributed by atoms with E-state index in [0.717, 1.165) is 16.7 Å². The Hall–Kier alpha value is -2.37. The van der Waals surface area contributed by atoms with Gasteiger partial charge in [0, 0.05) is 25.2 Å². The Labute approximate surface area is 135 Å². The lowest BCUT2D eigenvalue weighted by molar-refractivity contribution is -0.384. The molecule has 0 atom stereocenters. The molecule has 0 N–H and O–H groups in total. The molecule has 23 heavy (non-hydrogen) atoms. The van der Waals surface area contributed by atoms with Gasteiger partial charge in [-0.15, -0.1) is 0 Å². The van der Waals surface area contributed by atoms with Crippen molar-refractivity contribution in [2.75, 3.05) is 13.1 Å². The van der Waals surface area contributed by atoms with Crippen LogP contribution in [-0.4, -0.2) is 34.6 Å². The van der Waals surface area contributed by atoms with Gasteiger partial charge in [-0.05, 0) is 50.8 Å². The summed E-state index contributed by atoms with van der Waals surface area (Å²) in [6.07, 6.45) is 2.27. The van der Waals surface area contributed by atoms with E-state index in [0.29, 0.717) is 19.5 Å². The smallest absolute Gasteiger partial charge is 0.410 e. The SMILES string of the molecule is Cc1ccc([N+](=O)[O-])cc1C1=CCN(C(=O)OC(C)(C)C)CC1. The van der Waals surface area contributed by atoms with Crippen LogP contribution in [0.1, 0.15) is 38.3 Å². The van der Waals surface area contributed by atoms with Crippen LogP contribution in [-0.2, 0) is 4.74 Å². The van der Waals surface area contributed by atoms with E-state index >= 15 is 0 Å². The molecule has 0 unspecified atom stereocenters. The highest BCUT2D eigenvalue weighted by Gasteiger charge is 2.24. The minimum atomic E-state index is -0.516. The number of hydrogen-bond acceptors (Lipinski definition) is 4. The molecule has 1 aliphatic rings. The molecule has 2 rings (SSSR count). The number of ether oxygens (including phenoxy) is 1. The van der Waals surface area contributed by atoms with Crippen LogP contribution in [0.4, 0.5) is 10.5 Å². The number of carbonyl (C=O) groups is 1. The van der Waals surface area contributed by atoms with E-state index in [4.69, 9.17) is 4.74 Å². The number of hydrogen-bond donors (Lipinski definition) is 0. The van der Waals surface area contributed by atoms with Crippen molar-refractivity contribution in [2.45, 2.75) is 39.7 Å². The van der Waals surface area contributed by atoms with Gasteiger partial charge in [-0.1, -0.05) is 12.1 Å². The summed E-state index contributed by atoms with van der Waals surface area (Å²) in [5.74, 6) is 0. The fourth-order valence-corrected chi connectivity index (χ4v) is 2.48. The highest BCUT2D eigenvalue weighted by atomic mass is 16.6. The first kappa shape index (κ1) is 17.0. The van der Waals surface area contributed by atoms with Crippen molar-refractivity contribution in [3.63, 3.8) is 0 Å². The lowest BCUT2D eigenvalue weighted by Crippen LogP contribution is -2.39. The van der Waals surface area contributed by atoms with Gasteiger partial charge in [0.1, 0.15) is 5.60 Å². The molecule has 0 radical (unpaired) electrons. The number of nitrogens with zero attached hydrogens (tertiary/aromatic N) is 2. The zero-order valence-electron chi connectivity index (χ0n) is 14.0. The van der Waals surface area contributed by atoms with Crippen LogP contribution in [0.15, 0.2) is 24.3 Å². The fourth-order valence-electron chi connectivity index (χ4n) is 2.48. The van der Waals surface area contributed by atoms with Crippen molar-refractivity contribution in [2.24, 2.45) is 0 Å². The maximum Gasteiger partial charge on any atom is 0.410 e. The van der Waals surface area contributed by atoms with Crippen LogP contribution in [0, 0.1) is 17.0 Å². The summed E-state index contributed by atoms with van der Waals surface area (Å²) in [7, 11) is 0. The van der Waals surface area contributed by atoms with E-state index < -0.39 is 5.60 Å². The van der Waals surface area contributed by atoms with Gasteiger partial charge < -0.3 is 9.64 Å². The molecular formula is C17H22N2O4. The quantitative estimate of drug-likeness (QED) is 0.612. The molecule has 1 amide bonds. The van der Waals surface area contributed by atoms with Crippen LogP contribution in [0.3, 0.4) is 0 Å². The Balaban J connectivity index is 2.15. The molecular weight excluding hydrogens is 296 g/mol. The molecule has 0 aromatic heterocycles. The second kappa shape index (κ2) is 6.40. The van der Waals surface area contributed by atoms with Crippen LogP contribution in [0.5, 0.6) is 0 Å².